The average Bonchev–Trinajstić information content (AvgIpc) is 2.09. The van der Waals surface area contributed by atoms with E-state index in [0.29, 0.717) is 6.04 Å². The van der Waals surface area contributed by atoms with Crippen molar-refractivity contribution < 1.29 is 0 Å². The zero-order chi connectivity index (χ0) is 8.81. The van der Waals surface area contributed by atoms with E-state index in [1.807, 2.05) is 6.92 Å². The van der Waals surface area contributed by atoms with Gasteiger partial charge in [-0.15, -0.1) is 0 Å². The van der Waals surface area contributed by atoms with Gasteiger partial charge in [0.25, 0.3) is 0 Å². The predicted octanol–water partition coefficient (Wildman–Crippen LogP) is 2.64. The number of rotatable bonds is 2. The summed E-state index contributed by atoms with van der Waals surface area (Å²) in [6, 6.07) is 0.469. The summed E-state index contributed by atoms with van der Waals surface area (Å²) in [6.45, 7) is 2.04. The zero-order valence-electron chi connectivity index (χ0n) is 7.87. The van der Waals surface area contributed by atoms with Crippen molar-refractivity contribution in [2.24, 2.45) is 11.7 Å². The molecule has 2 N–H and O–H groups in total. The zero-order valence-corrected chi connectivity index (χ0v) is 7.87. The van der Waals surface area contributed by atoms with Gasteiger partial charge in [-0.25, -0.2) is 0 Å². The highest BCUT2D eigenvalue weighted by Crippen LogP contribution is 2.23. The number of hydrogen-bond donors (Lipinski definition) is 1. The first-order valence-electron chi connectivity index (χ1n) is 4.88. The van der Waals surface area contributed by atoms with Gasteiger partial charge < -0.3 is 5.73 Å². The second-order valence-electron chi connectivity index (χ2n) is 3.59. The van der Waals surface area contributed by atoms with Crippen molar-refractivity contribution >= 4 is 0 Å². The molecule has 12 heavy (non-hydrogen) atoms. The highest BCUT2D eigenvalue weighted by atomic mass is 14.6. The van der Waals surface area contributed by atoms with Crippen molar-refractivity contribution in [2.45, 2.75) is 38.6 Å². The van der Waals surface area contributed by atoms with Crippen LogP contribution in [-0.2, 0) is 0 Å². The van der Waals surface area contributed by atoms with Crippen LogP contribution in [0.3, 0.4) is 0 Å². The molecule has 0 bridgehead atoms. The Bertz CT molecular complexity index is 162. The molecule has 0 aliphatic heterocycles. The molecule has 1 nitrogen and oxygen atoms in total. The minimum Gasteiger partial charge on any atom is -0.328 e. The normalized spacial score (nSPS) is 31.8. The van der Waals surface area contributed by atoms with Crippen molar-refractivity contribution in [2.75, 3.05) is 0 Å². The van der Waals surface area contributed by atoms with E-state index in [-0.39, 0.29) is 0 Å². The Hall–Kier alpha value is -0.560. The van der Waals surface area contributed by atoms with Crippen molar-refractivity contribution in [1.29, 1.82) is 0 Å². The summed E-state index contributed by atoms with van der Waals surface area (Å²) in [6.07, 6.45) is 13.6. The molecule has 0 aromatic rings. The summed E-state index contributed by atoms with van der Waals surface area (Å²) in [7, 11) is 0. The highest BCUT2D eigenvalue weighted by Gasteiger charge is 2.15. The van der Waals surface area contributed by atoms with Gasteiger partial charge in [0, 0.05) is 6.04 Å². The van der Waals surface area contributed by atoms with E-state index in [9.17, 15) is 0 Å². The van der Waals surface area contributed by atoms with Gasteiger partial charge in [-0.1, -0.05) is 24.3 Å². The summed E-state index contributed by atoms with van der Waals surface area (Å²) in [4.78, 5) is 0. The maximum Gasteiger partial charge on any atom is 0.00392 e. The van der Waals surface area contributed by atoms with Crippen LogP contribution in [0.5, 0.6) is 0 Å². The Labute approximate surface area is 75.3 Å². The monoisotopic (exact) mass is 165 g/mol. The van der Waals surface area contributed by atoms with Crippen LogP contribution in [0.2, 0.25) is 0 Å². The summed E-state index contributed by atoms with van der Waals surface area (Å²) in [5.74, 6) is 0.779. The van der Waals surface area contributed by atoms with Crippen LogP contribution in [0.25, 0.3) is 0 Å². The van der Waals surface area contributed by atoms with Crippen LogP contribution < -0.4 is 5.73 Å². The van der Waals surface area contributed by atoms with Crippen LogP contribution in [-0.4, -0.2) is 6.04 Å². The lowest BCUT2D eigenvalue weighted by Crippen LogP contribution is -2.25. The third-order valence-corrected chi connectivity index (χ3v) is 2.50. The fourth-order valence-corrected chi connectivity index (χ4v) is 1.67. The molecule has 0 aromatic heterocycles. The molecule has 0 unspecified atom stereocenters. The van der Waals surface area contributed by atoms with Crippen LogP contribution in [0.1, 0.15) is 32.6 Å². The Morgan fingerprint density at radius 3 is 2.33 bits per heavy atom. The van der Waals surface area contributed by atoms with E-state index in [2.05, 4.69) is 24.3 Å². The topological polar surface area (TPSA) is 26.0 Å². The van der Waals surface area contributed by atoms with Gasteiger partial charge in [-0.2, -0.15) is 0 Å². The molecule has 0 saturated heterocycles. The maximum absolute atomic E-state index is 5.81. The van der Waals surface area contributed by atoms with Gasteiger partial charge in [0.05, 0.1) is 0 Å². The minimum atomic E-state index is 0.469. The Balaban J connectivity index is 2.25. The Morgan fingerprint density at radius 2 is 1.75 bits per heavy atom. The molecule has 0 heterocycles. The quantitative estimate of drug-likeness (QED) is 0.625. The Morgan fingerprint density at radius 1 is 1.08 bits per heavy atom. The van der Waals surface area contributed by atoms with Crippen molar-refractivity contribution in [1.82, 2.24) is 0 Å². The molecule has 1 rings (SSSR count). The van der Waals surface area contributed by atoms with E-state index in [0.717, 1.165) is 5.92 Å². The second kappa shape index (κ2) is 5.15. The predicted molar refractivity (Wildman–Crippen MR) is 53.9 cm³/mol. The SMILES string of the molecule is C/C=C/C=C/C1CCC(N)CC1. The van der Waals surface area contributed by atoms with Crippen LogP contribution in [0, 0.1) is 5.92 Å². The molecular weight excluding hydrogens is 146 g/mol. The third kappa shape index (κ3) is 3.22. The van der Waals surface area contributed by atoms with Crippen LogP contribution in [0.15, 0.2) is 24.3 Å². The largest absolute Gasteiger partial charge is 0.328 e. The third-order valence-electron chi connectivity index (χ3n) is 2.50. The average molecular weight is 165 g/mol. The lowest BCUT2D eigenvalue weighted by Gasteiger charge is -2.23. The molecule has 1 fully saturated rings. The molecule has 68 valence electrons. The smallest absolute Gasteiger partial charge is 0.00392 e. The minimum absolute atomic E-state index is 0.469. The molecule has 1 saturated carbocycles. The lowest BCUT2D eigenvalue weighted by atomic mass is 9.86. The molecule has 0 radical (unpaired) electrons. The van der Waals surface area contributed by atoms with E-state index >= 15 is 0 Å². The number of nitrogens with two attached hydrogens (primary N) is 1. The fraction of sp³-hybridized carbons (Fsp3) is 0.636. The number of allylic oxidation sites excluding steroid dienone is 4. The first kappa shape index (κ1) is 9.53. The molecule has 0 spiro atoms. The number of hydrogen-bond acceptors (Lipinski definition) is 1. The van der Waals surface area contributed by atoms with E-state index in [4.69, 9.17) is 5.73 Å². The van der Waals surface area contributed by atoms with Crippen LogP contribution >= 0.6 is 0 Å². The molecule has 0 aromatic carbocycles. The van der Waals surface area contributed by atoms with Gasteiger partial charge in [-0.3, -0.25) is 0 Å². The fourth-order valence-electron chi connectivity index (χ4n) is 1.67. The summed E-state index contributed by atoms with van der Waals surface area (Å²) in [5.41, 5.74) is 5.81. The molecular formula is C11H19N. The summed E-state index contributed by atoms with van der Waals surface area (Å²) >= 11 is 0. The maximum atomic E-state index is 5.81. The summed E-state index contributed by atoms with van der Waals surface area (Å²) in [5, 5.41) is 0. The van der Waals surface area contributed by atoms with E-state index in [1.165, 1.54) is 25.7 Å². The Kier molecular flexibility index (Phi) is 4.09. The van der Waals surface area contributed by atoms with Crippen molar-refractivity contribution in [3.8, 4) is 0 Å². The van der Waals surface area contributed by atoms with Crippen molar-refractivity contribution in [3.63, 3.8) is 0 Å². The van der Waals surface area contributed by atoms with Crippen molar-refractivity contribution in [3.05, 3.63) is 24.3 Å². The van der Waals surface area contributed by atoms with Gasteiger partial charge in [0.1, 0.15) is 0 Å². The summed E-state index contributed by atoms with van der Waals surface area (Å²) < 4.78 is 0. The standard InChI is InChI=1S/C11H19N/c1-2-3-4-5-10-6-8-11(12)9-7-10/h2-5,10-11H,6-9,12H2,1H3/b3-2+,5-4+. The lowest BCUT2D eigenvalue weighted by molar-refractivity contribution is 0.375. The highest BCUT2D eigenvalue weighted by molar-refractivity contribution is 5.03. The van der Waals surface area contributed by atoms with E-state index < -0.39 is 0 Å². The second-order valence-corrected chi connectivity index (χ2v) is 3.59. The van der Waals surface area contributed by atoms with E-state index in [1.54, 1.807) is 0 Å². The van der Waals surface area contributed by atoms with Gasteiger partial charge in [-0.05, 0) is 38.5 Å². The molecule has 1 aliphatic rings. The molecule has 0 amide bonds. The van der Waals surface area contributed by atoms with Gasteiger partial charge in [0.15, 0.2) is 0 Å². The van der Waals surface area contributed by atoms with Gasteiger partial charge in [0.2, 0.25) is 0 Å². The van der Waals surface area contributed by atoms with Crippen LogP contribution in [0.4, 0.5) is 0 Å². The molecule has 1 aliphatic carbocycles. The first-order chi connectivity index (χ1) is 5.83. The molecule has 0 atom stereocenters. The molecule has 1 heteroatoms. The van der Waals surface area contributed by atoms with Gasteiger partial charge >= 0.3 is 0 Å². The first-order valence-corrected chi connectivity index (χ1v) is 4.88.